The van der Waals surface area contributed by atoms with Gasteiger partial charge in [0.1, 0.15) is 11.6 Å². The molecule has 1 N–H and O–H groups in total. The zero-order chi connectivity index (χ0) is 24.9. The molecule has 0 bridgehead atoms. The van der Waals surface area contributed by atoms with Gasteiger partial charge in [-0.2, -0.15) is 0 Å². The van der Waals surface area contributed by atoms with E-state index in [9.17, 15) is 9.90 Å². The summed E-state index contributed by atoms with van der Waals surface area (Å²) in [6, 6.07) is 21.1. The van der Waals surface area contributed by atoms with E-state index in [-0.39, 0.29) is 23.7 Å². The van der Waals surface area contributed by atoms with Crippen molar-refractivity contribution in [1.29, 1.82) is 0 Å². The topological polar surface area (TPSA) is 59.9 Å². The molecule has 0 radical (unpaired) electrons. The molecule has 1 amide bonds. The molecule has 0 unspecified atom stereocenters. The molecule has 2 aromatic carbocycles. The quantitative estimate of drug-likeness (QED) is 0.506. The highest BCUT2D eigenvalue weighted by atomic mass is 16.3. The molecule has 0 spiro atoms. The molecule has 0 saturated carbocycles. The Kier molecular flexibility index (Phi) is 7.63. The fourth-order valence-corrected chi connectivity index (χ4v) is 5.02. The van der Waals surface area contributed by atoms with Crippen LogP contribution >= 0.6 is 0 Å². The van der Waals surface area contributed by atoms with Gasteiger partial charge in [0.05, 0.1) is 6.04 Å². The van der Waals surface area contributed by atoms with Crippen molar-refractivity contribution in [2.75, 3.05) is 31.6 Å². The lowest BCUT2D eigenvalue weighted by Gasteiger charge is -2.47. The highest BCUT2D eigenvalue weighted by Gasteiger charge is 2.36. The van der Waals surface area contributed by atoms with Gasteiger partial charge >= 0.3 is 0 Å². The van der Waals surface area contributed by atoms with Crippen LogP contribution in [0.2, 0.25) is 0 Å². The zero-order valence-electron chi connectivity index (χ0n) is 20.7. The summed E-state index contributed by atoms with van der Waals surface area (Å²) >= 11 is 0. The third-order valence-corrected chi connectivity index (χ3v) is 6.83. The van der Waals surface area contributed by atoms with Crippen molar-refractivity contribution in [1.82, 2.24) is 14.8 Å². The van der Waals surface area contributed by atoms with Crippen molar-refractivity contribution in [3.05, 3.63) is 102 Å². The van der Waals surface area contributed by atoms with Crippen molar-refractivity contribution in [3.8, 4) is 5.75 Å². The van der Waals surface area contributed by atoms with Crippen LogP contribution in [-0.4, -0.2) is 64.6 Å². The monoisotopic (exact) mass is 470 g/mol. The van der Waals surface area contributed by atoms with Crippen LogP contribution < -0.4 is 4.90 Å². The van der Waals surface area contributed by atoms with E-state index in [0.717, 1.165) is 30.8 Å². The number of anilines is 1. The molecule has 1 aliphatic rings. The van der Waals surface area contributed by atoms with Crippen molar-refractivity contribution in [3.63, 3.8) is 0 Å². The number of benzene rings is 2. The second-order valence-corrected chi connectivity index (χ2v) is 9.27. The molecular weight excluding hydrogens is 436 g/mol. The number of hydrogen-bond donors (Lipinski definition) is 1. The maximum Gasteiger partial charge on any atom is 0.259 e. The van der Waals surface area contributed by atoms with Crippen LogP contribution in [0.15, 0.2) is 85.6 Å². The summed E-state index contributed by atoms with van der Waals surface area (Å²) in [7, 11) is 1.75. The summed E-state index contributed by atoms with van der Waals surface area (Å²) in [6.45, 7) is 10.9. The van der Waals surface area contributed by atoms with Crippen LogP contribution in [0.4, 0.5) is 5.82 Å². The third kappa shape index (κ3) is 5.29. The predicted molar refractivity (Wildman–Crippen MR) is 141 cm³/mol. The van der Waals surface area contributed by atoms with Crippen molar-refractivity contribution in [2.24, 2.45) is 0 Å². The summed E-state index contributed by atoms with van der Waals surface area (Å²) in [4.78, 5) is 24.6. The highest BCUT2D eigenvalue weighted by Crippen LogP contribution is 2.36. The minimum Gasteiger partial charge on any atom is -0.508 e. The number of hydrogen-bond acceptors (Lipinski definition) is 5. The molecule has 182 valence electrons. The SMILES string of the molecule is C=CCN1C[C@H](C)N([C@H](c2cccc(O)c2)c2ccccc2C(=O)N(C)c2ccccn2)C[C@H]1C. The Labute approximate surface area is 208 Å². The van der Waals surface area contributed by atoms with Crippen LogP contribution in [0.25, 0.3) is 0 Å². The molecule has 3 aromatic rings. The number of aromatic hydroxyl groups is 1. The number of carbonyl (C=O) groups is 1. The average molecular weight is 471 g/mol. The Morgan fingerprint density at radius 3 is 2.60 bits per heavy atom. The molecule has 1 aliphatic heterocycles. The lowest BCUT2D eigenvalue weighted by molar-refractivity contribution is 0.0304. The molecule has 6 heteroatoms. The first kappa shape index (κ1) is 24.6. The predicted octanol–water partition coefficient (Wildman–Crippen LogP) is 4.73. The first-order valence-corrected chi connectivity index (χ1v) is 12.1. The Morgan fingerprint density at radius 1 is 1.11 bits per heavy atom. The molecule has 1 saturated heterocycles. The molecule has 6 nitrogen and oxygen atoms in total. The van der Waals surface area contributed by atoms with Gasteiger partial charge in [-0.25, -0.2) is 4.98 Å². The van der Waals surface area contributed by atoms with E-state index >= 15 is 0 Å². The van der Waals surface area contributed by atoms with Gasteiger partial charge in [0.25, 0.3) is 5.91 Å². The lowest BCUT2D eigenvalue weighted by Crippen LogP contribution is -2.57. The highest BCUT2D eigenvalue weighted by molar-refractivity contribution is 6.06. The van der Waals surface area contributed by atoms with E-state index in [2.05, 4.69) is 35.2 Å². The lowest BCUT2D eigenvalue weighted by atomic mass is 9.90. The number of carbonyl (C=O) groups excluding carboxylic acids is 1. The first-order valence-electron chi connectivity index (χ1n) is 12.1. The van der Waals surface area contributed by atoms with E-state index in [1.165, 1.54) is 0 Å². The summed E-state index contributed by atoms with van der Waals surface area (Å²) in [6.07, 6.45) is 3.64. The normalized spacial score (nSPS) is 19.7. The minimum absolute atomic E-state index is 0.115. The Bertz CT molecular complexity index is 1170. The van der Waals surface area contributed by atoms with E-state index in [1.807, 2.05) is 66.7 Å². The summed E-state index contributed by atoms with van der Waals surface area (Å²) in [5, 5.41) is 10.3. The fraction of sp³-hybridized carbons (Fsp3) is 0.310. The summed E-state index contributed by atoms with van der Waals surface area (Å²) < 4.78 is 0. The second-order valence-electron chi connectivity index (χ2n) is 9.27. The number of amides is 1. The maximum absolute atomic E-state index is 13.7. The Hall–Kier alpha value is -3.48. The molecule has 3 atom stereocenters. The standard InChI is InChI=1S/C29H34N4O2/c1-5-17-32-19-22(3)33(20-21(32)2)28(23-11-10-12-24(34)18-23)25-13-6-7-14-26(25)29(35)31(4)27-15-8-9-16-30-27/h5-16,18,21-22,28,34H,1,17,19-20H2,2-4H3/t21-,22+,28-/m1/s1. The van der Waals surface area contributed by atoms with Crippen LogP contribution in [0.5, 0.6) is 5.75 Å². The van der Waals surface area contributed by atoms with Crippen molar-refractivity contribution in [2.45, 2.75) is 32.0 Å². The smallest absolute Gasteiger partial charge is 0.259 e. The molecular formula is C29H34N4O2. The van der Waals surface area contributed by atoms with Gasteiger partial charge in [-0.05, 0) is 55.3 Å². The first-order chi connectivity index (χ1) is 16.9. The Balaban J connectivity index is 1.78. The van der Waals surface area contributed by atoms with Gasteiger partial charge in [-0.15, -0.1) is 6.58 Å². The van der Waals surface area contributed by atoms with Gasteiger partial charge in [0, 0.05) is 50.5 Å². The van der Waals surface area contributed by atoms with Gasteiger partial charge in [0.15, 0.2) is 0 Å². The van der Waals surface area contributed by atoms with E-state index in [4.69, 9.17) is 0 Å². The second kappa shape index (κ2) is 10.8. The number of rotatable bonds is 7. The van der Waals surface area contributed by atoms with Crippen LogP contribution in [0.3, 0.4) is 0 Å². The number of phenolic OH excluding ortho intramolecular Hbond substituents is 1. The molecule has 35 heavy (non-hydrogen) atoms. The molecule has 4 rings (SSSR count). The van der Waals surface area contributed by atoms with E-state index < -0.39 is 0 Å². The molecule has 2 heterocycles. The van der Waals surface area contributed by atoms with Crippen molar-refractivity contribution >= 4 is 11.7 Å². The number of piperazine rings is 1. The fourth-order valence-electron chi connectivity index (χ4n) is 5.02. The number of nitrogens with zero attached hydrogens (tertiary/aromatic N) is 4. The van der Waals surface area contributed by atoms with Gasteiger partial charge in [-0.3, -0.25) is 19.5 Å². The largest absolute Gasteiger partial charge is 0.508 e. The number of aromatic nitrogens is 1. The van der Waals surface area contributed by atoms with E-state index in [0.29, 0.717) is 17.4 Å². The number of phenols is 1. The zero-order valence-corrected chi connectivity index (χ0v) is 20.7. The van der Waals surface area contributed by atoms with Gasteiger partial charge < -0.3 is 5.11 Å². The molecule has 1 fully saturated rings. The molecule has 0 aliphatic carbocycles. The molecule has 1 aromatic heterocycles. The summed E-state index contributed by atoms with van der Waals surface area (Å²) in [5.74, 6) is 0.699. The summed E-state index contributed by atoms with van der Waals surface area (Å²) in [5.41, 5.74) is 2.51. The van der Waals surface area contributed by atoms with Gasteiger partial charge in [0.2, 0.25) is 0 Å². The Morgan fingerprint density at radius 2 is 1.89 bits per heavy atom. The maximum atomic E-state index is 13.7. The third-order valence-electron chi connectivity index (χ3n) is 6.83. The minimum atomic E-state index is -0.192. The van der Waals surface area contributed by atoms with Gasteiger partial charge in [-0.1, -0.05) is 42.5 Å². The van der Waals surface area contributed by atoms with Crippen LogP contribution in [0, 0.1) is 0 Å². The van der Waals surface area contributed by atoms with Crippen LogP contribution in [-0.2, 0) is 0 Å². The van der Waals surface area contributed by atoms with Crippen molar-refractivity contribution < 1.29 is 9.90 Å². The average Bonchev–Trinajstić information content (AvgIpc) is 2.87. The number of pyridine rings is 1. The van der Waals surface area contributed by atoms with E-state index in [1.54, 1.807) is 24.2 Å². The van der Waals surface area contributed by atoms with Crippen LogP contribution in [0.1, 0.15) is 41.4 Å².